The van der Waals surface area contributed by atoms with Crippen LogP contribution >= 0.6 is 0 Å². The van der Waals surface area contributed by atoms with Gasteiger partial charge in [0, 0.05) is 24.8 Å². The summed E-state index contributed by atoms with van der Waals surface area (Å²) in [6.45, 7) is 2.64. The maximum Gasteiger partial charge on any atom is 0.247 e. The molecule has 2 heterocycles. The van der Waals surface area contributed by atoms with E-state index in [0.29, 0.717) is 6.54 Å². The highest BCUT2D eigenvalue weighted by Crippen LogP contribution is 2.27. The highest BCUT2D eigenvalue weighted by atomic mass is 32.2. The van der Waals surface area contributed by atoms with E-state index >= 15 is 0 Å². The van der Waals surface area contributed by atoms with Crippen molar-refractivity contribution >= 4 is 10.0 Å². The first-order valence-electron chi connectivity index (χ1n) is 6.76. The van der Waals surface area contributed by atoms with E-state index in [9.17, 15) is 13.2 Å². The van der Waals surface area contributed by atoms with Gasteiger partial charge in [0.25, 0.3) is 0 Å². The lowest BCUT2D eigenvalue weighted by Gasteiger charge is -2.34. The first kappa shape index (κ1) is 14.3. The van der Waals surface area contributed by atoms with Crippen LogP contribution in [0.1, 0.15) is 39.0 Å². The molecule has 2 rings (SSSR count). The van der Waals surface area contributed by atoms with Gasteiger partial charge in [-0.1, -0.05) is 19.8 Å². The molecule has 1 N–H and O–H groups in total. The van der Waals surface area contributed by atoms with Crippen molar-refractivity contribution in [3.05, 3.63) is 28.7 Å². The van der Waals surface area contributed by atoms with Crippen molar-refractivity contribution in [2.75, 3.05) is 6.54 Å². The molecule has 1 aliphatic heterocycles. The minimum absolute atomic E-state index is 0.0932. The second-order valence-electron chi connectivity index (χ2n) is 4.94. The third-order valence-electron chi connectivity index (χ3n) is 3.56. The van der Waals surface area contributed by atoms with Gasteiger partial charge in [-0.05, 0) is 25.3 Å². The number of aromatic nitrogens is 1. The summed E-state index contributed by atoms with van der Waals surface area (Å²) in [4.78, 5) is 13.6. The van der Waals surface area contributed by atoms with Crippen molar-refractivity contribution < 1.29 is 8.42 Å². The van der Waals surface area contributed by atoms with Gasteiger partial charge in [0.15, 0.2) is 0 Å². The summed E-state index contributed by atoms with van der Waals surface area (Å²) in [6.07, 6.45) is 6.07. The fourth-order valence-corrected chi connectivity index (χ4v) is 4.30. The predicted molar refractivity (Wildman–Crippen MR) is 73.5 cm³/mol. The Morgan fingerprint density at radius 2 is 2.16 bits per heavy atom. The Morgan fingerprint density at radius 3 is 2.79 bits per heavy atom. The lowest BCUT2D eigenvalue weighted by Crippen LogP contribution is -2.43. The SMILES string of the molecule is CCCC1CCCCN1S(=O)(=O)c1ccc(=O)[nH]c1. The van der Waals surface area contributed by atoms with E-state index in [1.54, 1.807) is 4.31 Å². The van der Waals surface area contributed by atoms with Crippen molar-refractivity contribution in [2.45, 2.75) is 50.0 Å². The molecular formula is C13H20N2O3S. The van der Waals surface area contributed by atoms with E-state index in [1.807, 2.05) is 0 Å². The second-order valence-corrected chi connectivity index (χ2v) is 6.83. The van der Waals surface area contributed by atoms with E-state index < -0.39 is 10.0 Å². The first-order valence-corrected chi connectivity index (χ1v) is 8.20. The average Bonchev–Trinajstić information content (AvgIpc) is 2.40. The van der Waals surface area contributed by atoms with Crippen LogP contribution in [-0.2, 0) is 10.0 Å². The molecule has 1 aromatic heterocycles. The molecule has 0 amide bonds. The van der Waals surface area contributed by atoms with E-state index in [4.69, 9.17) is 0 Å². The monoisotopic (exact) mass is 284 g/mol. The fraction of sp³-hybridized carbons (Fsp3) is 0.615. The summed E-state index contributed by atoms with van der Waals surface area (Å²) in [5, 5.41) is 0. The number of H-pyrrole nitrogens is 1. The topological polar surface area (TPSA) is 70.2 Å². The van der Waals surface area contributed by atoms with Gasteiger partial charge in [0.1, 0.15) is 0 Å². The van der Waals surface area contributed by atoms with Crippen LogP contribution in [0.2, 0.25) is 0 Å². The van der Waals surface area contributed by atoms with Crippen LogP contribution in [0.15, 0.2) is 28.0 Å². The van der Waals surface area contributed by atoms with Gasteiger partial charge in [-0.25, -0.2) is 8.42 Å². The molecule has 0 aliphatic carbocycles. The molecule has 6 heteroatoms. The predicted octanol–water partition coefficient (Wildman–Crippen LogP) is 1.72. The molecule has 5 nitrogen and oxygen atoms in total. The number of hydrogen-bond donors (Lipinski definition) is 1. The van der Waals surface area contributed by atoms with Gasteiger partial charge < -0.3 is 4.98 Å². The highest BCUT2D eigenvalue weighted by molar-refractivity contribution is 7.89. The Bertz CT molecular complexity index is 557. The summed E-state index contributed by atoms with van der Waals surface area (Å²) in [6, 6.07) is 2.73. The van der Waals surface area contributed by atoms with E-state index in [-0.39, 0.29) is 16.5 Å². The molecule has 1 unspecified atom stereocenters. The molecule has 1 atom stereocenters. The summed E-state index contributed by atoms with van der Waals surface area (Å²) in [5.41, 5.74) is -0.289. The van der Waals surface area contributed by atoms with Gasteiger partial charge in [-0.3, -0.25) is 4.79 Å². The third kappa shape index (κ3) is 3.06. The molecule has 0 radical (unpaired) electrons. The second kappa shape index (κ2) is 5.88. The number of rotatable bonds is 4. The van der Waals surface area contributed by atoms with E-state index in [0.717, 1.165) is 32.1 Å². The van der Waals surface area contributed by atoms with Crippen molar-refractivity contribution in [2.24, 2.45) is 0 Å². The molecule has 0 spiro atoms. The Morgan fingerprint density at radius 1 is 1.37 bits per heavy atom. The van der Waals surface area contributed by atoms with Crippen molar-refractivity contribution in [1.29, 1.82) is 0 Å². The van der Waals surface area contributed by atoms with E-state index in [2.05, 4.69) is 11.9 Å². The van der Waals surface area contributed by atoms with Gasteiger partial charge in [-0.2, -0.15) is 4.31 Å². The Labute approximate surface area is 113 Å². The van der Waals surface area contributed by atoms with Crippen LogP contribution in [0.25, 0.3) is 0 Å². The van der Waals surface area contributed by atoms with Gasteiger partial charge in [0.05, 0.1) is 4.90 Å². The molecule has 1 aliphatic rings. The van der Waals surface area contributed by atoms with Crippen LogP contribution in [0.4, 0.5) is 0 Å². The number of piperidine rings is 1. The van der Waals surface area contributed by atoms with Crippen LogP contribution < -0.4 is 5.56 Å². The molecule has 1 fully saturated rings. The summed E-state index contributed by atoms with van der Waals surface area (Å²) in [7, 11) is -3.49. The maximum absolute atomic E-state index is 12.6. The van der Waals surface area contributed by atoms with Crippen molar-refractivity contribution in [1.82, 2.24) is 9.29 Å². The zero-order chi connectivity index (χ0) is 13.9. The van der Waals surface area contributed by atoms with Crippen molar-refractivity contribution in [3.63, 3.8) is 0 Å². The standard InChI is InChI=1S/C13H20N2O3S/c1-2-5-11-6-3-4-9-15(11)19(17,18)12-7-8-13(16)14-10-12/h7-8,10-11H,2-6,9H2,1H3,(H,14,16). The summed E-state index contributed by atoms with van der Waals surface area (Å²) >= 11 is 0. The number of sulfonamides is 1. The van der Waals surface area contributed by atoms with Crippen LogP contribution in [0.3, 0.4) is 0 Å². The zero-order valence-corrected chi connectivity index (χ0v) is 11.9. The highest BCUT2D eigenvalue weighted by Gasteiger charge is 2.32. The molecule has 0 aromatic carbocycles. The first-order chi connectivity index (χ1) is 9.05. The average molecular weight is 284 g/mol. The van der Waals surface area contributed by atoms with Crippen LogP contribution in [0, 0.1) is 0 Å². The maximum atomic E-state index is 12.6. The van der Waals surface area contributed by atoms with E-state index in [1.165, 1.54) is 18.3 Å². The number of pyridine rings is 1. The van der Waals surface area contributed by atoms with Crippen LogP contribution in [-0.4, -0.2) is 30.3 Å². The number of nitrogens with one attached hydrogen (secondary N) is 1. The molecule has 106 valence electrons. The van der Waals surface area contributed by atoms with Gasteiger partial charge in [-0.15, -0.1) is 0 Å². The van der Waals surface area contributed by atoms with Crippen molar-refractivity contribution in [3.8, 4) is 0 Å². The normalized spacial score (nSPS) is 21.4. The molecule has 0 saturated carbocycles. The summed E-state index contributed by atoms with van der Waals surface area (Å²) < 4.78 is 26.8. The number of hydrogen-bond acceptors (Lipinski definition) is 3. The minimum Gasteiger partial charge on any atom is -0.328 e. The number of aromatic amines is 1. The lowest BCUT2D eigenvalue weighted by molar-refractivity contribution is 0.239. The third-order valence-corrected chi connectivity index (χ3v) is 5.51. The quantitative estimate of drug-likeness (QED) is 0.915. The fourth-order valence-electron chi connectivity index (χ4n) is 2.60. The largest absolute Gasteiger partial charge is 0.328 e. The molecule has 19 heavy (non-hydrogen) atoms. The number of nitrogens with zero attached hydrogens (tertiary/aromatic N) is 1. The zero-order valence-electron chi connectivity index (χ0n) is 11.1. The van der Waals surface area contributed by atoms with Gasteiger partial charge in [0.2, 0.25) is 15.6 Å². The minimum atomic E-state index is -3.49. The Balaban J connectivity index is 2.31. The summed E-state index contributed by atoms with van der Waals surface area (Å²) in [5.74, 6) is 0. The smallest absolute Gasteiger partial charge is 0.247 e. The Hall–Kier alpha value is -1.14. The Kier molecular flexibility index (Phi) is 4.42. The molecule has 0 bridgehead atoms. The molecule has 1 saturated heterocycles. The lowest BCUT2D eigenvalue weighted by atomic mass is 10.0. The van der Waals surface area contributed by atoms with Crippen LogP contribution in [0.5, 0.6) is 0 Å². The molecular weight excluding hydrogens is 264 g/mol. The molecule has 1 aromatic rings. The van der Waals surface area contributed by atoms with Gasteiger partial charge >= 0.3 is 0 Å².